The Bertz CT molecular complexity index is 549. The van der Waals surface area contributed by atoms with E-state index in [1.165, 1.54) is 0 Å². The van der Waals surface area contributed by atoms with Gasteiger partial charge in [0.25, 0.3) is 5.91 Å². The zero-order chi connectivity index (χ0) is 14.1. The van der Waals surface area contributed by atoms with Crippen LogP contribution in [0.2, 0.25) is 0 Å². The molecule has 4 nitrogen and oxygen atoms in total. The quantitative estimate of drug-likeness (QED) is 0.915. The maximum Gasteiger partial charge on any atom is 0.251 e. The van der Waals surface area contributed by atoms with Crippen LogP contribution >= 0.6 is 0 Å². The van der Waals surface area contributed by atoms with Gasteiger partial charge in [0, 0.05) is 25.1 Å². The van der Waals surface area contributed by atoms with Crippen LogP contribution in [-0.4, -0.2) is 24.9 Å². The van der Waals surface area contributed by atoms with E-state index >= 15 is 0 Å². The Hall–Kier alpha value is -1.84. The Kier molecular flexibility index (Phi) is 3.47. The average Bonchev–Trinajstić information content (AvgIpc) is 2.48. The normalized spacial score (nSPS) is 16.9. The first kappa shape index (κ1) is 13.2. The smallest absolute Gasteiger partial charge is 0.251 e. The van der Waals surface area contributed by atoms with Gasteiger partial charge in [-0.1, -0.05) is 6.92 Å². The maximum atomic E-state index is 12.1. The van der Waals surface area contributed by atoms with Crippen molar-refractivity contribution in [3.8, 4) is 0 Å². The van der Waals surface area contributed by atoms with E-state index in [0.29, 0.717) is 13.0 Å². The Morgan fingerprint density at radius 1 is 1.25 bits per heavy atom. The van der Waals surface area contributed by atoms with Crippen molar-refractivity contribution in [2.45, 2.75) is 39.0 Å². The number of nitrogens with one attached hydrogen (secondary N) is 1. The number of amides is 2. The van der Waals surface area contributed by atoms with Crippen molar-refractivity contribution in [1.29, 1.82) is 0 Å². The van der Waals surface area contributed by atoms with E-state index in [4.69, 9.17) is 0 Å². The van der Waals surface area contributed by atoms with Crippen LogP contribution in [0.1, 0.15) is 47.7 Å². The van der Waals surface area contributed by atoms with Crippen LogP contribution in [-0.2, 0) is 17.6 Å². The van der Waals surface area contributed by atoms with Crippen LogP contribution in [0.4, 0.5) is 5.69 Å². The lowest BCUT2D eigenvalue weighted by molar-refractivity contribution is -0.119. The van der Waals surface area contributed by atoms with Gasteiger partial charge in [-0.2, -0.15) is 0 Å². The molecule has 0 saturated carbocycles. The fourth-order valence-corrected chi connectivity index (χ4v) is 3.12. The van der Waals surface area contributed by atoms with Crippen LogP contribution in [0.3, 0.4) is 0 Å². The Labute approximate surface area is 119 Å². The molecule has 1 aromatic rings. The Balaban J connectivity index is 1.98. The molecular weight excluding hydrogens is 252 g/mol. The second-order valence-electron chi connectivity index (χ2n) is 5.55. The average molecular weight is 272 g/mol. The summed E-state index contributed by atoms with van der Waals surface area (Å²) in [6.45, 7) is 3.57. The minimum atomic E-state index is -0.0000709. The molecular formula is C16H20N2O2. The molecule has 0 aliphatic carbocycles. The van der Waals surface area contributed by atoms with Crippen molar-refractivity contribution in [1.82, 2.24) is 5.32 Å². The lowest BCUT2D eigenvalue weighted by Gasteiger charge is -2.35. The zero-order valence-electron chi connectivity index (χ0n) is 11.9. The van der Waals surface area contributed by atoms with Crippen molar-refractivity contribution in [3.63, 3.8) is 0 Å². The monoisotopic (exact) mass is 272 g/mol. The third kappa shape index (κ3) is 2.19. The van der Waals surface area contributed by atoms with E-state index in [1.54, 1.807) is 0 Å². The van der Waals surface area contributed by atoms with Crippen molar-refractivity contribution in [2.75, 3.05) is 18.0 Å². The highest BCUT2D eigenvalue weighted by Gasteiger charge is 2.30. The van der Waals surface area contributed by atoms with Crippen LogP contribution in [0, 0.1) is 0 Å². The largest absolute Gasteiger partial charge is 0.352 e. The summed E-state index contributed by atoms with van der Waals surface area (Å²) in [5.74, 6) is 0.224. The van der Waals surface area contributed by atoms with Gasteiger partial charge in [-0.25, -0.2) is 0 Å². The first-order valence-corrected chi connectivity index (χ1v) is 7.45. The first-order chi connectivity index (χ1) is 9.70. The van der Waals surface area contributed by atoms with Gasteiger partial charge in [-0.3, -0.25) is 9.59 Å². The Morgan fingerprint density at radius 2 is 2.00 bits per heavy atom. The van der Waals surface area contributed by atoms with Crippen LogP contribution in [0.15, 0.2) is 12.1 Å². The highest BCUT2D eigenvalue weighted by Crippen LogP contribution is 2.36. The van der Waals surface area contributed by atoms with E-state index in [0.717, 1.165) is 54.6 Å². The molecule has 2 aliphatic rings. The molecule has 20 heavy (non-hydrogen) atoms. The molecule has 3 rings (SSSR count). The van der Waals surface area contributed by atoms with Crippen molar-refractivity contribution < 1.29 is 9.59 Å². The summed E-state index contributed by atoms with van der Waals surface area (Å²) >= 11 is 0. The highest BCUT2D eigenvalue weighted by atomic mass is 16.2. The fourth-order valence-electron chi connectivity index (χ4n) is 3.12. The lowest BCUT2D eigenvalue weighted by atomic mass is 9.89. The van der Waals surface area contributed by atoms with E-state index < -0.39 is 0 Å². The molecule has 1 aromatic carbocycles. The summed E-state index contributed by atoms with van der Waals surface area (Å²) in [5.41, 5.74) is 4.13. The summed E-state index contributed by atoms with van der Waals surface area (Å²) in [5, 5.41) is 2.93. The molecule has 0 bridgehead atoms. The van der Waals surface area contributed by atoms with Gasteiger partial charge in [0.15, 0.2) is 0 Å². The van der Waals surface area contributed by atoms with Crippen molar-refractivity contribution in [3.05, 3.63) is 28.8 Å². The molecule has 106 valence electrons. The van der Waals surface area contributed by atoms with Gasteiger partial charge in [-0.05, 0) is 48.9 Å². The summed E-state index contributed by atoms with van der Waals surface area (Å²) in [7, 11) is 0. The molecule has 2 aliphatic heterocycles. The summed E-state index contributed by atoms with van der Waals surface area (Å²) in [6.07, 6.45) is 4.20. The molecule has 0 atom stereocenters. The standard InChI is InChI=1S/C16H20N2O2/c1-2-7-17-16(20)13-9-11-4-3-8-18-14(19)6-5-12(10-13)15(11)18/h9-10H,2-8H2,1H3,(H,17,20). The molecule has 1 N–H and O–H groups in total. The lowest BCUT2D eigenvalue weighted by Crippen LogP contribution is -2.39. The molecule has 0 spiro atoms. The number of hydrogen-bond donors (Lipinski definition) is 1. The molecule has 2 amide bonds. The van der Waals surface area contributed by atoms with Gasteiger partial charge < -0.3 is 10.2 Å². The minimum absolute atomic E-state index is 0.0000709. The maximum absolute atomic E-state index is 12.1. The number of anilines is 1. The fraction of sp³-hybridized carbons (Fsp3) is 0.500. The van der Waals surface area contributed by atoms with Crippen LogP contribution < -0.4 is 10.2 Å². The molecule has 4 heteroatoms. The SMILES string of the molecule is CCCNC(=O)c1cc2c3c(c1)CCC(=O)N3CCC2. The van der Waals surface area contributed by atoms with E-state index in [9.17, 15) is 9.59 Å². The predicted molar refractivity (Wildman–Crippen MR) is 78.1 cm³/mol. The third-order valence-corrected chi connectivity index (χ3v) is 4.07. The molecule has 0 unspecified atom stereocenters. The number of rotatable bonds is 3. The molecule has 0 radical (unpaired) electrons. The number of nitrogens with zero attached hydrogens (tertiary/aromatic N) is 1. The van der Waals surface area contributed by atoms with Gasteiger partial charge in [0.2, 0.25) is 5.91 Å². The van der Waals surface area contributed by atoms with Gasteiger partial charge in [0.1, 0.15) is 0 Å². The van der Waals surface area contributed by atoms with Crippen molar-refractivity contribution in [2.24, 2.45) is 0 Å². The van der Waals surface area contributed by atoms with E-state index in [2.05, 4.69) is 5.32 Å². The number of carbonyl (C=O) groups excluding carboxylic acids is 2. The number of carbonyl (C=O) groups is 2. The van der Waals surface area contributed by atoms with E-state index in [1.807, 2.05) is 24.0 Å². The number of aryl methyl sites for hydroxylation is 2. The molecule has 2 heterocycles. The summed E-state index contributed by atoms with van der Waals surface area (Å²) < 4.78 is 0. The summed E-state index contributed by atoms with van der Waals surface area (Å²) in [6, 6.07) is 3.93. The second kappa shape index (κ2) is 5.27. The van der Waals surface area contributed by atoms with E-state index in [-0.39, 0.29) is 11.8 Å². The molecule has 0 saturated heterocycles. The molecule has 0 fully saturated rings. The molecule has 0 aromatic heterocycles. The predicted octanol–water partition coefficient (Wildman–Crippen LogP) is 2.05. The van der Waals surface area contributed by atoms with Crippen LogP contribution in [0.5, 0.6) is 0 Å². The zero-order valence-corrected chi connectivity index (χ0v) is 11.9. The number of benzene rings is 1. The van der Waals surface area contributed by atoms with Crippen molar-refractivity contribution >= 4 is 17.5 Å². The Morgan fingerprint density at radius 3 is 2.75 bits per heavy atom. The minimum Gasteiger partial charge on any atom is -0.352 e. The summed E-state index contributed by atoms with van der Waals surface area (Å²) in [4.78, 5) is 26.0. The number of hydrogen-bond acceptors (Lipinski definition) is 2. The van der Waals surface area contributed by atoms with Crippen LogP contribution in [0.25, 0.3) is 0 Å². The highest BCUT2D eigenvalue weighted by molar-refractivity contribution is 6.00. The second-order valence-corrected chi connectivity index (χ2v) is 5.55. The third-order valence-electron chi connectivity index (χ3n) is 4.07. The first-order valence-electron chi connectivity index (χ1n) is 7.45. The van der Waals surface area contributed by atoms with Gasteiger partial charge in [0.05, 0.1) is 5.69 Å². The van der Waals surface area contributed by atoms with Gasteiger partial charge >= 0.3 is 0 Å². The topological polar surface area (TPSA) is 49.4 Å². The van der Waals surface area contributed by atoms with Gasteiger partial charge in [-0.15, -0.1) is 0 Å².